The first-order valence-electron chi connectivity index (χ1n) is 13.0. The molecule has 2 aliphatic rings. The van der Waals surface area contributed by atoms with Crippen LogP contribution in [0.3, 0.4) is 0 Å². The van der Waals surface area contributed by atoms with Gasteiger partial charge in [0, 0.05) is 61.6 Å². The van der Waals surface area contributed by atoms with Crippen molar-refractivity contribution in [2.24, 2.45) is 5.92 Å². The molecule has 2 aliphatic heterocycles. The number of urea groups is 1. The second kappa shape index (κ2) is 10.2. The maximum absolute atomic E-state index is 12.6. The third-order valence-corrected chi connectivity index (χ3v) is 7.47. The van der Waals surface area contributed by atoms with Crippen LogP contribution < -0.4 is 5.32 Å². The predicted octanol–water partition coefficient (Wildman–Crippen LogP) is 5.44. The van der Waals surface area contributed by atoms with Crippen LogP contribution in [0.1, 0.15) is 37.5 Å². The smallest absolute Gasteiger partial charge is 0.317 e. The molecule has 7 heteroatoms. The number of nitrogens with one attached hydrogen (secondary N) is 1. The summed E-state index contributed by atoms with van der Waals surface area (Å²) in [6.07, 6.45) is 10.6. The zero-order chi connectivity index (χ0) is 24.3. The Hall–Kier alpha value is -3.58. The van der Waals surface area contributed by atoms with Gasteiger partial charge in [0.2, 0.25) is 0 Å². The van der Waals surface area contributed by atoms with E-state index in [1.54, 1.807) is 0 Å². The van der Waals surface area contributed by atoms with Gasteiger partial charge in [-0.05, 0) is 60.9 Å². The van der Waals surface area contributed by atoms with Crippen molar-refractivity contribution in [1.29, 1.82) is 0 Å². The highest BCUT2D eigenvalue weighted by Gasteiger charge is 2.26. The van der Waals surface area contributed by atoms with Gasteiger partial charge in [0.25, 0.3) is 0 Å². The number of ether oxygens (including phenoxy) is 1. The topological polar surface area (TPSA) is 64.3 Å². The molecule has 0 spiro atoms. The summed E-state index contributed by atoms with van der Waals surface area (Å²) < 4.78 is 10.2. The van der Waals surface area contributed by atoms with Crippen LogP contribution in [0, 0.1) is 5.92 Å². The molecule has 6 rings (SSSR count). The Morgan fingerprint density at radius 1 is 1.06 bits per heavy atom. The molecule has 2 aromatic carbocycles. The number of aromatic nitrogens is 3. The third-order valence-electron chi connectivity index (χ3n) is 7.47. The second-order valence-electron chi connectivity index (χ2n) is 10.0. The van der Waals surface area contributed by atoms with Crippen molar-refractivity contribution in [3.8, 4) is 11.1 Å². The summed E-state index contributed by atoms with van der Waals surface area (Å²) in [6, 6.07) is 18.9. The molecule has 2 aromatic heterocycles. The lowest BCUT2D eigenvalue weighted by Gasteiger charge is -2.22. The van der Waals surface area contributed by atoms with Crippen LogP contribution in [0.15, 0.2) is 73.2 Å². The van der Waals surface area contributed by atoms with E-state index >= 15 is 0 Å². The van der Waals surface area contributed by atoms with Crippen molar-refractivity contribution in [2.75, 3.05) is 19.7 Å². The van der Waals surface area contributed by atoms with Crippen molar-refractivity contribution in [2.45, 2.75) is 45.0 Å². The van der Waals surface area contributed by atoms with Gasteiger partial charge in [0.05, 0.1) is 6.20 Å². The standard InChI is InChI=1S/C29H33N5O2/c35-29(30-17-22-6-2-1-3-7-22)33-13-11-23(20-33)19-32-14-12-25-16-24(9-10-27(25)32)26-18-31-34(21-26)28-8-4-5-15-36-28/h1-3,6-7,9-10,12,14,16,18,21,23,28H,4-5,8,11,13,15,17,19-20H2,(H,30,35). The van der Waals surface area contributed by atoms with E-state index < -0.39 is 0 Å². The van der Waals surface area contributed by atoms with Crippen molar-refractivity contribution < 1.29 is 9.53 Å². The zero-order valence-corrected chi connectivity index (χ0v) is 20.6. The zero-order valence-electron chi connectivity index (χ0n) is 20.6. The molecule has 0 radical (unpaired) electrons. The summed E-state index contributed by atoms with van der Waals surface area (Å²) in [6.45, 7) is 3.90. The van der Waals surface area contributed by atoms with Crippen LogP contribution in [0.25, 0.3) is 22.0 Å². The minimum absolute atomic E-state index is 0.0301. The predicted molar refractivity (Wildman–Crippen MR) is 140 cm³/mol. The highest BCUT2D eigenvalue weighted by Crippen LogP contribution is 2.29. The summed E-state index contributed by atoms with van der Waals surface area (Å²) in [5.74, 6) is 0.455. The fraction of sp³-hybridized carbons (Fsp3) is 0.379. The number of rotatable bonds is 6. The number of carbonyl (C=O) groups excluding carboxylic acids is 1. The van der Waals surface area contributed by atoms with Gasteiger partial charge in [-0.2, -0.15) is 5.10 Å². The maximum Gasteiger partial charge on any atom is 0.317 e. The number of amides is 2. The molecule has 2 fully saturated rings. The van der Waals surface area contributed by atoms with E-state index in [2.05, 4.69) is 51.6 Å². The molecule has 36 heavy (non-hydrogen) atoms. The highest BCUT2D eigenvalue weighted by molar-refractivity contribution is 5.85. The highest BCUT2D eigenvalue weighted by atomic mass is 16.5. The van der Waals surface area contributed by atoms with Crippen molar-refractivity contribution in [3.63, 3.8) is 0 Å². The number of carbonyl (C=O) groups is 1. The Kier molecular flexibility index (Phi) is 6.47. The Morgan fingerprint density at radius 2 is 1.97 bits per heavy atom. The Bertz CT molecular complexity index is 1320. The first kappa shape index (κ1) is 22.9. The SMILES string of the molecule is O=C(NCc1ccccc1)N1CCC(Cn2ccc3cc(-c4cnn(C5CCCCO5)c4)ccc32)C1. The summed E-state index contributed by atoms with van der Waals surface area (Å²) >= 11 is 0. The molecular weight excluding hydrogens is 450 g/mol. The number of hydrogen-bond donors (Lipinski definition) is 1. The number of nitrogens with zero attached hydrogens (tertiary/aromatic N) is 4. The van der Waals surface area contributed by atoms with Gasteiger partial charge < -0.3 is 19.5 Å². The first-order valence-corrected chi connectivity index (χ1v) is 13.0. The van der Waals surface area contributed by atoms with E-state index in [9.17, 15) is 4.79 Å². The fourth-order valence-electron chi connectivity index (χ4n) is 5.45. The summed E-state index contributed by atoms with van der Waals surface area (Å²) in [4.78, 5) is 14.6. The molecule has 2 atom stereocenters. The van der Waals surface area contributed by atoms with Gasteiger partial charge in [-0.25, -0.2) is 9.48 Å². The lowest BCUT2D eigenvalue weighted by atomic mass is 10.1. The van der Waals surface area contributed by atoms with E-state index in [1.807, 2.05) is 46.1 Å². The lowest BCUT2D eigenvalue weighted by molar-refractivity contribution is -0.0394. The molecule has 0 aliphatic carbocycles. The van der Waals surface area contributed by atoms with E-state index in [-0.39, 0.29) is 12.3 Å². The monoisotopic (exact) mass is 483 g/mol. The normalized spacial score (nSPS) is 20.2. The van der Waals surface area contributed by atoms with Gasteiger partial charge in [0.15, 0.2) is 0 Å². The van der Waals surface area contributed by atoms with E-state index in [4.69, 9.17) is 4.74 Å². The van der Waals surface area contributed by atoms with Crippen molar-refractivity contribution in [1.82, 2.24) is 24.6 Å². The molecule has 4 aromatic rings. The first-order chi connectivity index (χ1) is 17.7. The molecule has 2 amide bonds. The van der Waals surface area contributed by atoms with Gasteiger partial charge in [-0.1, -0.05) is 36.4 Å². The van der Waals surface area contributed by atoms with Crippen LogP contribution in [-0.4, -0.2) is 45.0 Å². The molecule has 7 nitrogen and oxygen atoms in total. The van der Waals surface area contributed by atoms with Gasteiger partial charge in [-0.3, -0.25) is 0 Å². The summed E-state index contributed by atoms with van der Waals surface area (Å²) in [5, 5.41) is 8.86. The molecule has 186 valence electrons. The molecule has 2 unspecified atom stereocenters. The van der Waals surface area contributed by atoms with Gasteiger partial charge in [-0.15, -0.1) is 0 Å². The second-order valence-corrected chi connectivity index (χ2v) is 10.0. The number of fused-ring (bicyclic) bond motifs is 1. The molecule has 4 heterocycles. The number of hydrogen-bond acceptors (Lipinski definition) is 3. The molecule has 0 saturated carbocycles. The number of likely N-dealkylation sites (tertiary alicyclic amines) is 1. The molecular formula is C29H33N5O2. The number of benzene rings is 2. The maximum atomic E-state index is 12.6. The van der Waals surface area contributed by atoms with Crippen LogP contribution >= 0.6 is 0 Å². The quantitative estimate of drug-likeness (QED) is 0.397. The van der Waals surface area contributed by atoms with Gasteiger partial charge in [0.1, 0.15) is 6.23 Å². The van der Waals surface area contributed by atoms with Crippen molar-refractivity contribution >= 4 is 16.9 Å². The Labute approximate surface area is 211 Å². The summed E-state index contributed by atoms with van der Waals surface area (Å²) in [7, 11) is 0. The van der Waals surface area contributed by atoms with E-state index in [0.29, 0.717) is 12.5 Å². The average Bonchev–Trinajstić information content (AvgIpc) is 3.69. The minimum atomic E-state index is 0.0301. The molecule has 0 bridgehead atoms. The summed E-state index contributed by atoms with van der Waals surface area (Å²) in [5.41, 5.74) is 4.64. The minimum Gasteiger partial charge on any atom is -0.357 e. The third kappa shape index (κ3) is 4.88. The van der Waals surface area contributed by atoms with Crippen LogP contribution in [-0.2, 0) is 17.8 Å². The fourth-order valence-corrected chi connectivity index (χ4v) is 5.45. The van der Waals surface area contributed by atoms with Crippen molar-refractivity contribution in [3.05, 3.63) is 78.8 Å². The Balaban J connectivity index is 1.08. The van der Waals surface area contributed by atoms with Gasteiger partial charge >= 0.3 is 6.03 Å². The molecule has 1 N–H and O–H groups in total. The van der Waals surface area contributed by atoms with Crippen LogP contribution in [0.5, 0.6) is 0 Å². The van der Waals surface area contributed by atoms with Crippen LogP contribution in [0.4, 0.5) is 4.79 Å². The molecule has 2 saturated heterocycles. The lowest BCUT2D eigenvalue weighted by Crippen LogP contribution is -2.38. The average molecular weight is 484 g/mol. The van der Waals surface area contributed by atoms with E-state index in [1.165, 1.54) is 22.9 Å². The van der Waals surface area contributed by atoms with E-state index in [0.717, 1.165) is 56.6 Å². The largest absolute Gasteiger partial charge is 0.357 e. The Morgan fingerprint density at radius 3 is 2.83 bits per heavy atom. The van der Waals surface area contributed by atoms with Crippen LogP contribution in [0.2, 0.25) is 0 Å².